The highest BCUT2D eigenvalue weighted by molar-refractivity contribution is 5.77. The highest BCUT2D eigenvalue weighted by atomic mass is 16.5. The molecule has 6 heteroatoms. The molecule has 1 amide bonds. The van der Waals surface area contributed by atoms with E-state index in [9.17, 15) is 4.79 Å². The van der Waals surface area contributed by atoms with Gasteiger partial charge in [-0.3, -0.25) is 9.48 Å². The molecule has 22 heavy (non-hydrogen) atoms. The Morgan fingerprint density at radius 1 is 1.50 bits per heavy atom. The molecular weight excluding hydrogens is 282 g/mol. The van der Waals surface area contributed by atoms with E-state index < -0.39 is 5.60 Å². The predicted molar refractivity (Wildman–Crippen MR) is 81.3 cm³/mol. The second kappa shape index (κ2) is 5.66. The number of rotatable bonds is 5. The van der Waals surface area contributed by atoms with Crippen molar-refractivity contribution in [2.45, 2.75) is 31.8 Å². The number of hydrogen-bond acceptors (Lipinski definition) is 4. The Hall–Kier alpha value is -1.40. The maximum Gasteiger partial charge on any atom is 0.223 e. The van der Waals surface area contributed by atoms with Gasteiger partial charge in [0.2, 0.25) is 5.91 Å². The van der Waals surface area contributed by atoms with E-state index in [0.29, 0.717) is 32.7 Å². The zero-order valence-corrected chi connectivity index (χ0v) is 13.7. The summed E-state index contributed by atoms with van der Waals surface area (Å²) in [5.41, 5.74) is 0.639. The summed E-state index contributed by atoms with van der Waals surface area (Å²) < 4.78 is 13.0. The van der Waals surface area contributed by atoms with Crippen LogP contribution in [0.3, 0.4) is 0 Å². The van der Waals surface area contributed by atoms with Crippen molar-refractivity contribution in [1.29, 1.82) is 0 Å². The van der Waals surface area contributed by atoms with Crippen LogP contribution in [-0.2, 0) is 26.9 Å². The minimum Gasteiger partial charge on any atom is -0.384 e. The summed E-state index contributed by atoms with van der Waals surface area (Å²) in [5.74, 6) is 0.216. The Balaban J connectivity index is 1.66. The number of methoxy groups -OCH3 is 1. The molecule has 1 aliphatic heterocycles. The minimum absolute atomic E-state index is 0.0921. The van der Waals surface area contributed by atoms with Gasteiger partial charge in [-0.15, -0.1) is 0 Å². The number of nitrogens with zero attached hydrogens (tertiary/aromatic N) is 3. The molecule has 1 saturated heterocycles. The molecule has 1 aromatic heterocycles. The summed E-state index contributed by atoms with van der Waals surface area (Å²) in [7, 11) is 3.60. The quantitative estimate of drug-likeness (QED) is 0.823. The summed E-state index contributed by atoms with van der Waals surface area (Å²) >= 11 is 0. The number of aryl methyl sites for hydroxylation is 1. The van der Waals surface area contributed by atoms with Crippen LogP contribution in [0, 0.1) is 5.41 Å². The van der Waals surface area contributed by atoms with E-state index in [1.807, 2.05) is 31.3 Å². The normalized spacial score (nSPS) is 27.0. The number of amides is 1. The first kappa shape index (κ1) is 15.5. The second-order valence-corrected chi connectivity index (χ2v) is 6.91. The number of morpholine rings is 1. The van der Waals surface area contributed by atoms with Crippen LogP contribution in [0.5, 0.6) is 0 Å². The highest BCUT2D eigenvalue weighted by Gasteiger charge is 2.46. The maximum atomic E-state index is 12.6. The molecular formula is C16H25N3O3. The van der Waals surface area contributed by atoms with Crippen LogP contribution in [0.2, 0.25) is 0 Å². The zero-order valence-electron chi connectivity index (χ0n) is 13.7. The van der Waals surface area contributed by atoms with Crippen LogP contribution in [0.4, 0.5) is 0 Å². The molecule has 1 saturated carbocycles. The number of ether oxygens (including phenoxy) is 2. The molecule has 1 aromatic rings. The number of carbonyl (C=O) groups is 1. The van der Waals surface area contributed by atoms with Crippen LogP contribution < -0.4 is 0 Å². The molecule has 1 aliphatic carbocycles. The van der Waals surface area contributed by atoms with Gasteiger partial charge in [-0.05, 0) is 19.8 Å². The van der Waals surface area contributed by atoms with Gasteiger partial charge in [0.1, 0.15) is 5.60 Å². The molecule has 6 nitrogen and oxygen atoms in total. The Morgan fingerprint density at radius 2 is 2.27 bits per heavy atom. The standard InChI is InChI=1S/C16H25N3O3/c1-15(13-9-17-18(2)10-13)11-19(6-7-22-15)14(20)8-16(4-5-16)12-21-3/h9-10H,4-8,11-12H2,1-3H3. The van der Waals surface area contributed by atoms with E-state index in [1.165, 1.54) is 0 Å². The molecule has 122 valence electrons. The van der Waals surface area contributed by atoms with E-state index >= 15 is 0 Å². The van der Waals surface area contributed by atoms with Gasteiger partial charge in [-0.1, -0.05) is 0 Å². The molecule has 2 fully saturated rings. The van der Waals surface area contributed by atoms with Crippen molar-refractivity contribution in [2.75, 3.05) is 33.4 Å². The van der Waals surface area contributed by atoms with Crippen molar-refractivity contribution in [3.05, 3.63) is 18.0 Å². The lowest BCUT2D eigenvalue weighted by Gasteiger charge is -2.40. The van der Waals surface area contributed by atoms with Gasteiger partial charge in [-0.25, -0.2) is 0 Å². The Morgan fingerprint density at radius 3 is 2.86 bits per heavy atom. The first-order valence-corrected chi connectivity index (χ1v) is 7.86. The van der Waals surface area contributed by atoms with Gasteiger partial charge >= 0.3 is 0 Å². The fourth-order valence-corrected chi connectivity index (χ4v) is 3.24. The van der Waals surface area contributed by atoms with Crippen molar-refractivity contribution in [2.24, 2.45) is 12.5 Å². The summed E-state index contributed by atoms with van der Waals surface area (Å²) in [6.45, 7) is 4.53. The smallest absolute Gasteiger partial charge is 0.223 e. The fourth-order valence-electron chi connectivity index (χ4n) is 3.24. The van der Waals surface area contributed by atoms with Gasteiger partial charge in [0, 0.05) is 44.3 Å². The predicted octanol–water partition coefficient (Wildman–Crippen LogP) is 1.31. The van der Waals surface area contributed by atoms with Gasteiger partial charge in [0.25, 0.3) is 0 Å². The monoisotopic (exact) mass is 307 g/mol. The van der Waals surface area contributed by atoms with E-state index in [1.54, 1.807) is 11.8 Å². The minimum atomic E-state index is -0.472. The lowest BCUT2D eigenvalue weighted by Crippen LogP contribution is -2.50. The number of carbonyl (C=O) groups excluding carboxylic acids is 1. The SMILES string of the molecule is COCC1(CC(=O)N2CCOC(C)(c3cnn(C)c3)C2)CC1. The van der Waals surface area contributed by atoms with Gasteiger partial charge in [-0.2, -0.15) is 5.10 Å². The fraction of sp³-hybridized carbons (Fsp3) is 0.750. The van der Waals surface area contributed by atoms with Crippen molar-refractivity contribution < 1.29 is 14.3 Å². The van der Waals surface area contributed by atoms with Gasteiger partial charge in [0.05, 0.1) is 26.0 Å². The number of aromatic nitrogens is 2. The molecule has 3 rings (SSSR count). The molecule has 0 radical (unpaired) electrons. The Bertz CT molecular complexity index is 553. The van der Waals surface area contributed by atoms with Crippen LogP contribution in [0.1, 0.15) is 31.7 Å². The highest BCUT2D eigenvalue weighted by Crippen LogP contribution is 2.49. The Kier molecular flexibility index (Phi) is 3.99. The van der Waals surface area contributed by atoms with E-state index in [4.69, 9.17) is 9.47 Å². The summed E-state index contributed by atoms with van der Waals surface area (Å²) in [4.78, 5) is 14.6. The molecule has 0 N–H and O–H groups in total. The summed E-state index contributed by atoms with van der Waals surface area (Å²) in [6.07, 6.45) is 6.56. The summed E-state index contributed by atoms with van der Waals surface area (Å²) in [5, 5.41) is 4.22. The van der Waals surface area contributed by atoms with E-state index in [2.05, 4.69) is 5.10 Å². The van der Waals surface area contributed by atoms with Crippen molar-refractivity contribution >= 4 is 5.91 Å². The molecule has 0 spiro atoms. The van der Waals surface area contributed by atoms with Crippen LogP contribution >= 0.6 is 0 Å². The lowest BCUT2D eigenvalue weighted by molar-refractivity contribution is -0.151. The molecule has 2 aliphatic rings. The van der Waals surface area contributed by atoms with Gasteiger partial charge in [0.15, 0.2) is 0 Å². The van der Waals surface area contributed by atoms with Crippen molar-refractivity contribution in [3.8, 4) is 0 Å². The topological polar surface area (TPSA) is 56.6 Å². The van der Waals surface area contributed by atoms with Crippen molar-refractivity contribution in [1.82, 2.24) is 14.7 Å². The zero-order chi connectivity index (χ0) is 15.8. The molecule has 0 aromatic carbocycles. The largest absolute Gasteiger partial charge is 0.384 e. The maximum absolute atomic E-state index is 12.6. The van der Waals surface area contributed by atoms with Crippen LogP contribution in [0.25, 0.3) is 0 Å². The molecule has 1 atom stereocenters. The van der Waals surface area contributed by atoms with Crippen LogP contribution in [-0.4, -0.2) is 54.0 Å². The third kappa shape index (κ3) is 3.03. The average Bonchev–Trinajstić information content (AvgIpc) is 3.07. The second-order valence-electron chi connectivity index (χ2n) is 6.91. The average molecular weight is 307 g/mol. The van der Waals surface area contributed by atoms with Crippen LogP contribution in [0.15, 0.2) is 12.4 Å². The molecule has 0 bridgehead atoms. The third-order valence-electron chi connectivity index (χ3n) is 4.88. The van der Waals surface area contributed by atoms with E-state index in [0.717, 1.165) is 18.4 Å². The lowest BCUT2D eigenvalue weighted by atomic mass is 9.95. The first-order valence-electron chi connectivity index (χ1n) is 7.86. The molecule has 1 unspecified atom stereocenters. The molecule has 2 heterocycles. The van der Waals surface area contributed by atoms with Crippen molar-refractivity contribution in [3.63, 3.8) is 0 Å². The van der Waals surface area contributed by atoms with E-state index in [-0.39, 0.29) is 11.3 Å². The summed E-state index contributed by atoms with van der Waals surface area (Å²) in [6, 6.07) is 0. The first-order chi connectivity index (χ1) is 10.5. The van der Waals surface area contributed by atoms with Gasteiger partial charge < -0.3 is 14.4 Å². The number of hydrogen-bond donors (Lipinski definition) is 0. The Labute approximate surface area is 131 Å². The third-order valence-corrected chi connectivity index (χ3v) is 4.88.